The van der Waals surface area contributed by atoms with Gasteiger partial charge in [0.25, 0.3) is 5.91 Å². The van der Waals surface area contributed by atoms with Gasteiger partial charge in [-0.3, -0.25) is 4.79 Å². The monoisotopic (exact) mass is 398 g/mol. The Morgan fingerprint density at radius 1 is 1.13 bits per heavy atom. The van der Waals surface area contributed by atoms with Crippen LogP contribution in [-0.4, -0.2) is 19.6 Å². The highest BCUT2D eigenvalue weighted by atomic mass is 16.5. The summed E-state index contributed by atoms with van der Waals surface area (Å²) in [4.78, 5) is 12.8. The molecule has 1 aliphatic carbocycles. The third-order valence-corrected chi connectivity index (χ3v) is 6.44. The molecule has 0 radical (unpaired) electrons. The first-order valence-corrected chi connectivity index (χ1v) is 10.6. The SMILES string of the molecule is CCNC(=O)c1cccc2c1NC(c1c(OC)ccc3ccccc13)C1CC=CC21. The van der Waals surface area contributed by atoms with E-state index in [-0.39, 0.29) is 17.9 Å². The number of benzene rings is 3. The summed E-state index contributed by atoms with van der Waals surface area (Å²) in [6, 6.07) is 18.7. The molecule has 0 spiro atoms. The van der Waals surface area contributed by atoms with Crippen molar-refractivity contribution in [3.8, 4) is 5.75 Å². The smallest absolute Gasteiger partial charge is 0.253 e. The summed E-state index contributed by atoms with van der Waals surface area (Å²) >= 11 is 0. The fourth-order valence-electron chi connectivity index (χ4n) is 5.13. The van der Waals surface area contributed by atoms with Crippen molar-refractivity contribution in [1.29, 1.82) is 0 Å². The van der Waals surface area contributed by atoms with Crippen LogP contribution in [0.5, 0.6) is 5.75 Å². The fourth-order valence-corrected chi connectivity index (χ4v) is 5.13. The molecule has 2 aliphatic rings. The lowest BCUT2D eigenvalue weighted by molar-refractivity contribution is 0.0956. The molecule has 1 aliphatic heterocycles. The second-order valence-electron chi connectivity index (χ2n) is 8.01. The van der Waals surface area contributed by atoms with Gasteiger partial charge >= 0.3 is 0 Å². The van der Waals surface area contributed by atoms with Crippen LogP contribution in [0.4, 0.5) is 5.69 Å². The van der Waals surface area contributed by atoms with Crippen LogP contribution in [0.15, 0.2) is 66.7 Å². The van der Waals surface area contributed by atoms with E-state index in [0.29, 0.717) is 18.0 Å². The zero-order valence-corrected chi connectivity index (χ0v) is 17.3. The van der Waals surface area contributed by atoms with Gasteiger partial charge in [0.1, 0.15) is 5.75 Å². The molecule has 0 fully saturated rings. The third-order valence-electron chi connectivity index (χ3n) is 6.44. The molecule has 3 aromatic carbocycles. The van der Waals surface area contributed by atoms with Crippen molar-refractivity contribution in [3.05, 3.63) is 83.4 Å². The van der Waals surface area contributed by atoms with E-state index in [4.69, 9.17) is 4.74 Å². The van der Waals surface area contributed by atoms with E-state index >= 15 is 0 Å². The summed E-state index contributed by atoms with van der Waals surface area (Å²) in [5, 5.41) is 9.12. The Balaban J connectivity index is 1.70. The van der Waals surface area contributed by atoms with Crippen LogP contribution in [0.1, 0.15) is 46.8 Å². The highest BCUT2D eigenvalue weighted by molar-refractivity contribution is 6.01. The van der Waals surface area contributed by atoms with Gasteiger partial charge in [-0.05, 0) is 47.7 Å². The molecule has 1 amide bonds. The number of nitrogens with one attached hydrogen (secondary N) is 2. The Morgan fingerprint density at radius 2 is 2.00 bits per heavy atom. The summed E-state index contributed by atoms with van der Waals surface area (Å²) in [5.41, 5.74) is 4.02. The van der Waals surface area contributed by atoms with Crippen molar-refractivity contribution in [2.75, 3.05) is 19.0 Å². The van der Waals surface area contributed by atoms with Crippen LogP contribution >= 0.6 is 0 Å². The van der Waals surface area contributed by atoms with Crippen LogP contribution in [0.3, 0.4) is 0 Å². The molecule has 4 nitrogen and oxygen atoms in total. The second kappa shape index (κ2) is 7.52. The van der Waals surface area contributed by atoms with Crippen LogP contribution in [-0.2, 0) is 0 Å². The Kier molecular flexibility index (Phi) is 4.70. The molecule has 3 aromatic rings. The molecule has 30 heavy (non-hydrogen) atoms. The van der Waals surface area contributed by atoms with E-state index < -0.39 is 0 Å². The number of hydrogen-bond donors (Lipinski definition) is 2. The Bertz CT molecular complexity index is 1150. The summed E-state index contributed by atoms with van der Waals surface area (Å²) in [5.74, 6) is 1.51. The van der Waals surface area contributed by atoms with Gasteiger partial charge in [0, 0.05) is 18.0 Å². The molecule has 4 heteroatoms. The number of rotatable bonds is 4. The van der Waals surface area contributed by atoms with Gasteiger partial charge in [0.05, 0.1) is 24.4 Å². The van der Waals surface area contributed by atoms with E-state index in [9.17, 15) is 4.79 Å². The minimum absolute atomic E-state index is 0.0362. The highest BCUT2D eigenvalue weighted by Gasteiger charge is 2.40. The maximum absolute atomic E-state index is 12.8. The lowest BCUT2D eigenvalue weighted by Crippen LogP contribution is -2.32. The molecular weight excluding hydrogens is 372 g/mol. The first-order valence-electron chi connectivity index (χ1n) is 10.6. The van der Waals surface area contributed by atoms with Crippen molar-refractivity contribution in [2.45, 2.75) is 25.3 Å². The first-order chi connectivity index (χ1) is 14.7. The Labute approximate surface area is 176 Å². The topological polar surface area (TPSA) is 50.4 Å². The normalized spacial score (nSPS) is 21.6. The minimum Gasteiger partial charge on any atom is -0.496 e. The minimum atomic E-state index is -0.0362. The number of fused-ring (bicyclic) bond motifs is 4. The maximum Gasteiger partial charge on any atom is 0.253 e. The lowest BCUT2D eigenvalue weighted by atomic mass is 9.75. The van der Waals surface area contributed by atoms with Gasteiger partial charge in [0.15, 0.2) is 0 Å². The van der Waals surface area contributed by atoms with E-state index in [1.54, 1.807) is 7.11 Å². The summed E-state index contributed by atoms with van der Waals surface area (Å²) < 4.78 is 5.82. The quantitative estimate of drug-likeness (QED) is 0.577. The molecule has 0 saturated heterocycles. The van der Waals surface area contributed by atoms with Crippen molar-refractivity contribution < 1.29 is 9.53 Å². The predicted octanol–water partition coefficient (Wildman–Crippen LogP) is 5.42. The van der Waals surface area contributed by atoms with Gasteiger partial charge in [-0.1, -0.05) is 54.6 Å². The predicted molar refractivity (Wildman–Crippen MR) is 121 cm³/mol. The molecule has 3 atom stereocenters. The molecule has 3 unspecified atom stereocenters. The van der Waals surface area contributed by atoms with Crippen molar-refractivity contribution >= 4 is 22.4 Å². The van der Waals surface area contributed by atoms with Crippen molar-refractivity contribution in [3.63, 3.8) is 0 Å². The zero-order chi connectivity index (χ0) is 20.7. The number of para-hydroxylation sites is 1. The van der Waals surface area contributed by atoms with Gasteiger partial charge < -0.3 is 15.4 Å². The van der Waals surface area contributed by atoms with Crippen molar-refractivity contribution in [2.24, 2.45) is 5.92 Å². The largest absolute Gasteiger partial charge is 0.496 e. The number of amides is 1. The molecule has 0 aromatic heterocycles. The number of hydrogen-bond acceptors (Lipinski definition) is 3. The average molecular weight is 399 g/mol. The molecule has 2 N–H and O–H groups in total. The van der Waals surface area contributed by atoms with Gasteiger partial charge in [-0.2, -0.15) is 0 Å². The average Bonchev–Trinajstić information content (AvgIpc) is 3.28. The van der Waals surface area contributed by atoms with Crippen molar-refractivity contribution in [1.82, 2.24) is 5.32 Å². The second-order valence-corrected chi connectivity index (χ2v) is 8.01. The zero-order valence-electron chi connectivity index (χ0n) is 17.3. The number of ether oxygens (including phenoxy) is 1. The molecule has 1 heterocycles. The number of carbonyl (C=O) groups excluding carboxylic acids is 1. The molecule has 0 saturated carbocycles. The van der Waals surface area contributed by atoms with E-state index in [2.05, 4.69) is 65.3 Å². The fraction of sp³-hybridized carbons (Fsp3) is 0.269. The van der Waals surface area contributed by atoms with Crippen LogP contribution < -0.4 is 15.4 Å². The summed E-state index contributed by atoms with van der Waals surface area (Å²) in [6.07, 6.45) is 5.57. The number of anilines is 1. The van der Waals surface area contributed by atoms with Crippen LogP contribution in [0, 0.1) is 5.92 Å². The highest BCUT2D eigenvalue weighted by Crippen LogP contribution is 2.53. The third kappa shape index (κ3) is 2.86. The van der Waals surface area contributed by atoms with E-state index in [1.807, 2.05) is 19.1 Å². The van der Waals surface area contributed by atoms with Gasteiger partial charge in [-0.15, -0.1) is 0 Å². The summed E-state index contributed by atoms with van der Waals surface area (Å²) in [7, 11) is 1.73. The molecule has 152 valence electrons. The maximum atomic E-state index is 12.8. The van der Waals surface area contributed by atoms with Crippen LogP contribution in [0.2, 0.25) is 0 Å². The Hall–Kier alpha value is -3.27. The lowest BCUT2D eigenvalue weighted by Gasteiger charge is -2.39. The standard InChI is InChI=1S/C26H26N2O2/c1-3-27-26(29)21-13-7-11-19-18-10-6-12-20(18)25(28-24(19)21)23-17-9-5-4-8-16(17)14-15-22(23)30-2/h4-11,13-15,18,20,25,28H,3,12H2,1-2H3,(H,27,29). The molecular formula is C26H26N2O2. The van der Waals surface area contributed by atoms with Gasteiger partial charge in [-0.25, -0.2) is 0 Å². The van der Waals surface area contributed by atoms with Crippen LogP contribution in [0.25, 0.3) is 10.8 Å². The summed E-state index contributed by atoms with van der Waals surface area (Å²) in [6.45, 7) is 2.55. The molecule has 5 rings (SSSR count). The number of allylic oxidation sites excluding steroid dienone is 2. The molecule has 0 bridgehead atoms. The first kappa shape index (κ1) is 18.7. The number of methoxy groups -OCH3 is 1. The van der Waals surface area contributed by atoms with Gasteiger partial charge in [0.2, 0.25) is 0 Å². The number of carbonyl (C=O) groups is 1. The van der Waals surface area contributed by atoms with E-state index in [1.165, 1.54) is 21.9 Å². The Morgan fingerprint density at radius 3 is 2.83 bits per heavy atom. The van der Waals surface area contributed by atoms with E-state index in [0.717, 1.165) is 17.9 Å².